The zero-order valence-corrected chi connectivity index (χ0v) is 11.5. The predicted molar refractivity (Wildman–Crippen MR) is 69.6 cm³/mol. The minimum atomic E-state index is 0.0380. The van der Waals surface area contributed by atoms with Crippen LogP contribution in [0.3, 0.4) is 0 Å². The first-order valence-corrected chi connectivity index (χ1v) is 6.68. The lowest BCUT2D eigenvalue weighted by atomic mass is 9.91. The lowest BCUT2D eigenvalue weighted by Crippen LogP contribution is -2.43. The third kappa shape index (κ3) is 6.97. The molecule has 100 valence electrons. The van der Waals surface area contributed by atoms with Crippen LogP contribution in [0.25, 0.3) is 0 Å². The molecule has 0 bridgehead atoms. The molecule has 0 unspecified atom stereocenters. The second-order valence-corrected chi connectivity index (χ2v) is 4.17. The fourth-order valence-corrected chi connectivity index (χ4v) is 2.00. The Morgan fingerprint density at radius 1 is 1.00 bits per heavy atom. The van der Waals surface area contributed by atoms with E-state index >= 15 is 0 Å². The van der Waals surface area contributed by atoms with Crippen molar-refractivity contribution in [1.29, 1.82) is 0 Å². The van der Waals surface area contributed by atoms with Gasteiger partial charge in [-0.25, -0.2) is 0 Å². The van der Waals surface area contributed by atoms with Crippen LogP contribution in [0.1, 0.15) is 59.8 Å². The predicted octanol–water partition coefficient (Wildman–Crippen LogP) is 1.99. The summed E-state index contributed by atoms with van der Waals surface area (Å²) < 4.78 is 0. The van der Waals surface area contributed by atoms with Crippen molar-refractivity contribution in [3.8, 4) is 0 Å². The highest BCUT2D eigenvalue weighted by atomic mass is 16.2. The first-order chi connectivity index (χ1) is 8.11. The maximum atomic E-state index is 11.2. The lowest BCUT2D eigenvalue weighted by Gasteiger charge is -2.29. The summed E-state index contributed by atoms with van der Waals surface area (Å²) in [6.07, 6.45) is 4.42. The van der Waals surface area contributed by atoms with Gasteiger partial charge >= 0.3 is 0 Å². The van der Waals surface area contributed by atoms with E-state index in [1.54, 1.807) is 6.92 Å². The molecule has 2 amide bonds. The number of nitrogens with one attached hydrogen (secondary N) is 2. The molecular weight excluding hydrogens is 216 g/mol. The molecule has 1 aliphatic rings. The van der Waals surface area contributed by atoms with Crippen LogP contribution in [0.15, 0.2) is 0 Å². The first kappa shape index (κ1) is 15.9. The van der Waals surface area contributed by atoms with Gasteiger partial charge in [-0.3, -0.25) is 9.59 Å². The number of rotatable bonds is 3. The Labute approximate surface area is 105 Å². The van der Waals surface area contributed by atoms with Gasteiger partial charge in [0.2, 0.25) is 11.8 Å². The van der Waals surface area contributed by atoms with Gasteiger partial charge in [-0.05, 0) is 25.7 Å². The minimum Gasteiger partial charge on any atom is -0.354 e. The normalized spacial score (nSPS) is 23.1. The van der Waals surface area contributed by atoms with Crippen LogP contribution >= 0.6 is 0 Å². The van der Waals surface area contributed by atoms with Crippen molar-refractivity contribution in [2.75, 3.05) is 0 Å². The van der Waals surface area contributed by atoms with Crippen LogP contribution in [0.2, 0.25) is 0 Å². The molecule has 0 saturated heterocycles. The molecule has 17 heavy (non-hydrogen) atoms. The Bertz CT molecular complexity index is 234. The molecule has 4 nitrogen and oxygen atoms in total. The molecule has 0 aliphatic heterocycles. The smallest absolute Gasteiger partial charge is 0.219 e. The molecule has 1 saturated carbocycles. The molecule has 2 N–H and O–H groups in total. The molecule has 0 heterocycles. The monoisotopic (exact) mass is 242 g/mol. The molecule has 0 aromatic rings. The number of hydrogen-bond acceptors (Lipinski definition) is 2. The Balaban J connectivity index is 0.00000121. The van der Waals surface area contributed by atoms with Crippen LogP contribution in [-0.4, -0.2) is 23.9 Å². The quantitative estimate of drug-likeness (QED) is 0.795. The van der Waals surface area contributed by atoms with E-state index in [-0.39, 0.29) is 11.8 Å². The summed E-state index contributed by atoms with van der Waals surface area (Å²) in [5, 5.41) is 5.91. The number of amides is 2. The largest absolute Gasteiger partial charge is 0.354 e. The van der Waals surface area contributed by atoms with Crippen LogP contribution in [0.4, 0.5) is 0 Å². The topological polar surface area (TPSA) is 58.2 Å². The number of carbonyl (C=O) groups is 2. The fraction of sp³-hybridized carbons (Fsp3) is 0.846. The fourth-order valence-electron chi connectivity index (χ4n) is 2.00. The van der Waals surface area contributed by atoms with E-state index < -0.39 is 0 Å². The second-order valence-electron chi connectivity index (χ2n) is 4.17. The van der Waals surface area contributed by atoms with Crippen molar-refractivity contribution in [1.82, 2.24) is 10.6 Å². The highest BCUT2D eigenvalue weighted by molar-refractivity contribution is 5.75. The zero-order chi connectivity index (χ0) is 13.3. The van der Waals surface area contributed by atoms with E-state index in [2.05, 4.69) is 10.6 Å². The summed E-state index contributed by atoms with van der Waals surface area (Å²) in [6.45, 7) is 7.41. The first-order valence-electron chi connectivity index (χ1n) is 6.68. The summed E-state index contributed by atoms with van der Waals surface area (Å²) in [7, 11) is 0. The van der Waals surface area contributed by atoms with Crippen molar-refractivity contribution in [2.45, 2.75) is 71.9 Å². The maximum Gasteiger partial charge on any atom is 0.219 e. The summed E-state index contributed by atoms with van der Waals surface area (Å²) in [6, 6.07) is 0.611. The average molecular weight is 242 g/mol. The second kappa shape index (κ2) is 9.02. The summed E-state index contributed by atoms with van der Waals surface area (Å²) in [5.74, 6) is 0.161. The molecule has 0 aromatic heterocycles. The number of hydrogen-bond donors (Lipinski definition) is 2. The van der Waals surface area contributed by atoms with Crippen LogP contribution in [0, 0.1) is 0 Å². The third-order valence-corrected chi connectivity index (χ3v) is 2.82. The standard InChI is InChI=1S/C11H20N2O2.C2H6/c1-3-11(15)13-10-6-4-9(5-7-10)12-8(2)14;1-2/h9-10H,3-7H2,1-2H3,(H,12,14)(H,13,15);1-2H3. The average Bonchev–Trinajstić information content (AvgIpc) is 2.33. The Morgan fingerprint density at radius 2 is 1.41 bits per heavy atom. The molecule has 1 aliphatic carbocycles. The summed E-state index contributed by atoms with van der Waals surface area (Å²) >= 11 is 0. The molecule has 1 fully saturated rings. The molecular formula is C13H26N2O2. The van der Waals surface area contributed by atoms with E-state index in [1.807, 2.05) is 20.8 Å². The minimum absolute atomic E-state index is 0.0380. The molecule has 0 atom stereocenters. The van der Waals surface area contributed by atoms with Crippen LogP contribution < -0.4 is 10.6 Å². The zero-order valence-electron chi connectivity index (χ0n) is 11.5. The van der Waals surface area contributed by atoms with E-state index in [0.29, 0.717) is 18.5 Å². The highest BCUT2D eigenvalue weighted by Crippen LogP contribution is 2.18. The van der Waals surface area contributed by atoms with Crippen LogP contribution in [0.5, 0.6) is 0 Å². The van der Waals surface area contributed by atoms with E-state index in [0.717, 1.165) is 25.7 Å². The van der Waals surface area contributed by atoms with Gasteiger partial charge in [0.25, 0.3) is 0 Å². The Morgan fingerprint density at radius 3 is 1.76 bits per heavy atom. The van der Waals surface area contributed by atoms with Gasteiger partial charge in [0.05, 0.1) is 0 Å². The molecule has 0 radical (unpaired) electrons. The van der Waals surface area contributed by atoms with Gasteiger partial charge in [-0.1, -0.05) is 20.8 Å². The van der Waals surface area contributed by atoms with Gasteiger partial charge in [-0.2, -0.15) is 0 Å². The molecule has 4 heteroatoms. The third-order valence-electron chi connectivity index (χ3n) is 2.82. The molecule has 0 aromatic carbocycles. The maximum absolute atomic E-state index is 11.2. The van der Waals surface area contributed by atoms with Gasteiger partial charge in [0, 0.05) is 25.4 Å². The Hall–Kier alpha value is -1.06. The Kier molecular flexibility index (Phi) is 8.46. The van der Waals surface area contributed by atoms with Crippen molar-refractivity contribution in [2.24, 2.45) is 0 Å². The van der Waals surface area contributed by atoms with Crippen molar-refractivity contribution < 1.29 is 9.59 Å². The van der Waals surface area contributed by atoms with Crippen molar-refractivity contribution in [3.05, 3.63) is 0 Å². The van der Waals surface area contributed by atoms with Gasteiger partial charge in [0.1, 0.15) is 0 Å². The SMILES string of the molecule is CC.CCC(=O)NC1CCC(NC(C)=O)CC1. The van der Waals surface area contributed by atoms with E-state index in [1.165, 1.54) is 0 Å². The van der Waals surface area contributed by atoms with Crippen LogP contribution in [-0.2, 0) is 9.59 Å². The van der Waals surface area contributed by atoms with E-state index in [9.17, 15) is 9.59 Å². The van der Waals surface area contributed by atoms with Crippen molar-refractivity contribution in [3.63, 3.8) is 0 Å². The summed E-state index contributed by atoms with van der Waals surface area (Å²) in [4.78, 5) is 22.0. The molecule has 1 rings (SSSR count). The lowest BCUT2D eigenvalue weighted by molar-refractivity contribution is -0.122. The van der Waals surface area contributed by atoms with Gasteiger partial charge in [-0.15, -0.1) is 0 Å². The highest BCUT2D eigenvalue weighted by Gasteiger charge is 2.22. The van der Waals surface area contributed by atoms with Gasteiger partial charge in [0.15, 0.2) is 0 Å². The number of carbonyl (C=O) groups excluding carboxylic acids is 2. The molecule has 0 spiro atoms. The summed E-state index contributed by atoms with van der Waals surface area (Å²) in [5.41, 5.74) is 0. The van der Waals surface area contributed by atoms with Crippen molar-refractivity contribution >= 4 is 11.8 Å². The van der Waals surface area contributed by atoms with E-state index in [4.69, 9.17) is 0 Å². The van der Waals surface area contributed by atoms with Gasteiger partial charge < -0.3 is 10.6 Å².